The molecule has 16 heavy (non-hydrogen) atoms. The van der Waals surface area contributed by atoms with E-state index >= 15 is 0 Å². The third kappa shape index (κ3) is 1.85. The van der Waals surface area contributed by atoms with Gasteiger partial charge in [0.15, 0.2) is 0 Å². The van der Waals surface area contributed by atoms with Crippen molar-refractivity contribution in [1.29, 1.82) is 0 Å². The molecule has 0 aromatic heterocycles. The quantitative estimate of drug-likeness (QED) is 0.746. The van der Waals surface area contributed by atoms with Gasteiger partial charge in [0.05, 0.1) is 6.17 Å². The Morgan fingerprint density at radius 3 is 2.94 bits per heavy atom. The molecule has 1 aromatic carbocycles. The first-order valence-corrected chi connectivity index (χ1v) is 6.14. The molecule has 0 spiro atoms. The lowest BCUT2D eigenvalue weighted by Crippen LogP contribution is -2.44. The van der Waals surface area contributed by atoms with Crippen LogP contribution in [0.3, 0.4) is 0 Å². The van der Waals surface area contributed by atoms with Gasteiger partial charge < -0.3 is 4.90 Å². The van der Waals surface area contributed by atoms with Crippen LogP contribution in [0.15, 0.2) is 42.6 Å². The maximum atomic E-state index is 2.57. The largest absolute Gasteiger partial charge is 0.362 e. The Balaban J connectivity index is 1.73. The number of hydrogen-bond acceptors (Lipinski definition) is 2. The Labute approximate surface area is 97.2 Å². The number of rotatable bonds is 2. The van der Waals surface area contributed by atoms with Crippen molar-refractivity contribution in [3.05, 3.63) is 48.2 Å². The van der Waals surface area contributed by atoms with Gasteiger partial charge in [0.25, 0.3) is 0 Å². The van der Waals surface area contributed by atoms with Crippen molar-refractivity contribution in [1.82, 2.24) is 9.80 Å². The fourth-order valence-electron chi connectivity index (χ4n) is 2.76. The normalized spacial score (nSPS) is 24.8. The minimum Gasteiger partial charge on any atom is -0.362 e. The summed E-state index contributed by atoms with van der Waals surface area (Å²) in [4.78, 5) is 5.05. The molecule has 2 heterocycles. The van der Waals surface area contributed by atoms with Crippen molar-refractivity contribution in [3.63, 3.8) is 0 Å². The highest BCUT2D eigenvalue weighted by Crippen LogP contribution is 2.25. The van der Waals surface area contributed by atoms with E-state index in [0.29, 0.717) is 6.17 Å². The van der Waals surface area contributed by atoms with Crippen molar-refractivity contribution < 1.29 is 0 Å². The van der Waals surface area contributed by atoms with E-state index in [1.165, 1.54) is 24.9 Å². The van der Waals surface area contributed by atoms with Crippen molar-refractivity contribution in [2.24, 2.45) is 0 Å². The van der Waals surface area contributed by atoms with E-state index in [1.54, 1.807) is 0 Å². The fraction of sp³-hybridized carbons (Fsp3) is 0.429. The molecule has 2 aliphatic rings. The van der Waals surface area contributed by atoms with Crippen molar-refractivity contribution in [2.75, 3.05) is 13.1 Å². The molecule has 3 rings (SSSR count). The zero-order valence-corrected chi connectivity index (χ0v) is 9.55. The second-order valence-corrected chi connectivity index (χ2v) is 4.66. The second kappa shape index (κ2) is 4.30. The van der Waals surface area contributed by atoms with Crippen LogP contribution in [0, 0.1) is 0 Å². The summed E-state index contributed by atoms with van der Waals surface area (Å²) >= 11 is 0. The third-order valence-corrected chi connectivity index (χ3v) is 3.55. The SMILES string of the molecule is C1=CN2CCCC2N(Cc2ccccc2)C1. The van der Waals surface area contributed by atoms with Gasteiger partial charge in [0, 0.05) is 19.6 Å². The van der Waals surface area contributed by atoms with E-state index in [0.717, 1.165) is 13.1 Å². The van der Waals surface area contributed by atoms with Gasteiger partial charge in [-0.05, 0) is 24.6 Å². The van der Waals surface area contributed by atoms with Gasteiger partial charge in [0.2, 0.25) is 0 Å². The molecule has 1 unspecified atom stereocenters. The predicted molar refractivity (Wildman–Crippen MR) is 65.7 cm³/mol. The lowest BCUT2D eigenvalue weighted by Gasteiger charge is -2.37. The van der Waals surface area contributed by atoms with Crippen LogP contribution >= 0.6 is 0 Å². The van der Waals surface area contributed by atoms with Crippen molar-refractivity contribution >= 4 is 0 Å². The zero-order chi connectivity index (χ0) is 10.8. The van der Waals surface area contributed by atoms with Crippen LogP contribution in [0.2, 0.25) is 0 Å². The van der Waals surface area contributed by atoms with Crippen LogP contribution in [0.5, 0.6) is 0 Å². The molecule has 0 N–H and O–H groups in total. The Kier molecular flexibility index (Phi) is 2.66. The highest BCUT2D eigenvalue weighted by Gasteiger charge is 2.29. The molecule has 0 aliphatic carbocycles. The van der Waals surface area contributed by atoms with Crippen LogP contribution in [0.4, 0.5) is 0 Å². The Hall–Kier alpha value is -1.28. The van der Waals surface area contributed by atoms with Gasteiger partial charge >= 0.3 is 0 Å². The fourth-order valence-corrected chi connectivity index (χ4v) is 2.76. The second-order valence-electron chi connectivity index (χ2n) is 4.66. The molecule has 1 atom stereocenters. The van der Waals surface area contributed by atoms with E-state index in [4.69, 9.17) is 0 Å². The summed E-state index contributed by atoms with van der Waals surface area (Å²) in [6.45, 7) is 3.40. The van der Waals surface area contributed by atoms with E-state index in [1.807, 2.05) is 0 Å². The molecule has 84 valence electrons. The molecule has 1 saturated heterocycles. The van der Waals surface area contributed by atoms with Crippen LogP contribution in [0.25, 0.3) is 0 Å². The first kappa shape index (κ1) is 9.91. The van der Waals surface area contributed by atoms with E-state index in [2.05, 4.69) is 52.4 Å². The number of hydrogen-bond donors (Lipinski definition) is 0. The highest BCUT2D eigenvalue weighted by molar-refractivity contribution is 5.15. The minimum atomic E-state index is 0.644. The average Bonchev–Trinajstić information content (AvgIpc) is 2.80. The lowest BCUT2D eigenvalue weighted by atomic mass is 10.2. The molecular weight excluding hydrogens is 196 g/mol. The zero-order valence-electron chi connectivity index (χ0n) is 9.55. The highest BCUT2D eigenvalue weighted by atomic mass is 15.4. The van der Waals surface area contributed by atoms with Gasteiger partial charge in [-0.2, -0.15) is 0 Å². The summed E-state index contributed by atoms with van der Waals surface area (Å²) in [7, 11) is 0. The Morgan fingerprint density at radius 2 is 2.06 bits per heavy atom. The molecule has 0 bridgehead atoms. The molecule has 0 saturated carbocycles. The minimum absolute atomic E-state index is 0.644. The van der Waals surface area contributed by atoms with Gasteiger partial charge in [-0.3, -0.25) is 4.90 Å². The average molecular weight is 214 g/mol. The molecule has 1 aromatic rings. The topological polar surface area (TPSA) is 6.48 Å². The molecule has 2 aliphatic heterocycles. The van der Waals surface area contributed by atoms with E-state index < -0.39 is 0 Å². The number of nitrogens with zero attached hydrogens (tertiary/aromatic N) is 2. The predicted octanol–water partition coefficient (Wildman–Crippen LogP) is 2.44. The first-order chi connectivity index (χ1) is 7.93. The number of benzene rings is 1. The van der Waals surface area contributed by atoms with Crippen molar-refractivity contribution in [2.45, 2.75) is 25.6 Å². The van der Waals surface area contributed by atoms with Crippen LogP contribution in [-0.2, 0) is 6.54 Å². The van der Waals surface area contributed by atoms with Crippen molar-refractivity contribution in [3.8, 4) is 0 Å². The maximum Gasteiger partial charge on any atom is 0.0821 e. The van der Waals surface area contributed by atoms with Crippen LogP contribution in [-0.4, -0.2) is 29.1 Å². The lowest BCUT2D eigenvalue weighted by molar-refractivity contribution is 0.0989. The van der Waals surface area contributed by atoms with Crippen LogP contribution < -0.4 is 0 Å². The summed E-state index contributed by atoms with van der Waals surface area (Å²) in [5.41, 5.74) is 1.42. The molecule has 2 heteroatoms. The smallest absolute Gasteiger partial charge is 0.0821 e. The first-order valence-electron chi connectivity index (χ1n) is 6.14. The van der Waals surface area contributed by atoms with Gasteiger partial charge in [-0.1, -0.05) is 36.4 Å². The standard InChI is InChI=1S/C14H18N2/c1-2-6-13(7-3-1)12-16-11-5-10-15-9-4-8-14(15)16/h1-3,5-7,10,14H,4,8-9,11-12H2. The monoisotopic (exact) mass is 214 g/mol. The molecule has 2 nitrogen and oxygen atoms in total. The molecule has 0 amide bonds. The maximum absolute atomic E-state index is 2.57. The van der Waals surface area contributed by atoms with Gasteiger partial charge in [-0.25, -0.2) is 0 Å². The molecular formula is C14H18N2. The van der Waals surface area contributed by atoms with Crippen LogP contribution in [0.1, 0.15) is 18.4 Å². The molecule has 0 radical (unpaired) electrons. The Bertz CT molecular complexity index is 372. The van der Waals surface area contributed by atoms with Gasteiger partial charge in [-0.15, -0.1) is 0 Å². The summed E-state index contributed by atoms with van der Waals surface area (Å²) in [6.07, 6.45) is 7.85. The Morgan fingerprint density at radius 1 is 1.19 bits per heavy atom. The molecule has 1 fully saturated rings. The third-order valence-electron chi connectivity index (χ3n) is 3.55. The summed E-state index contributed by atoms with van der Waals surface area (Å²) in [6, 6.07) is 10.8. The number of fused-ring (bicyclic) bond motifs is 1. The summed E-state index contributed by atoms with van der Waals surface area (Å²) < 4.78 is 0. The summed E-state index contributed by atoms with van der Waals surface area (Å²) in [5, 5.41) is 0. The van der Waals surface area contributed by atoms with Gasteiger partial charge in [0.1, 0.15) is 0 Å². The van der Waals surface area contributed by atoms with E-state index in [9.17, 15) is 0 Å². The van der Waals surface area contributed by atoms with E-state index in [-0.39, 0.29) is 0 Å². The summed E-state index contributed by atoms with van der Waals surface area (Å²) in [5.74, 6) is 0.